The maximum absolute atomic E-state index is 13.3. The van der Waals surface area contributed by atoms with E-state index >= 15 is 0 Å². The average Bonchev–Trinajstić information content (AvgIpc) is 3.18. The fourth-order valence-electron chi connectivity index (χ4n) is 4.35. The van der Waals surface area contributed by atoms with Gasteiger partial charge in [-0.3, -0.25) is 9.78 Å². The minimum absolute atomic E-state index is 0.0418. The van der Waals surface area contributed by atoms with Gasteiger partial charge in [0.1, 0.15) is 17.2 Å². The van der Waals surface area contributed by atoms with Gasteiger partial charge in [-0.05, 0) is 80.4 Å². The van der Waals surface area contributed by atoms with Gasteiger partial charge in [0.15, 0.2) is 0 Å². The van der Waals surface area contributed by atoms with E-state index in [0.717, 1.165) is 53.1 Å². The highest BCUT2D eigenvalue weighted by Gasteiger charge is 2.26. The van der Waals surface area contributed by atoms with Crippen LogP contribution in [0.4, 0.5) is 4.39 Å². The van der Waals surface area contributed by atoms with Crippen molar-refractivity contribution in [3.63, 3.8) is 0 Å². The van der Waals surface area contributed by atoms with Crippen molar-refractivity contribution in [3.8, 4) is 11.3 Å². The van der Waals surface area contributed by atoms with Crippen LogP contribution in [0, 0.1) is 12.7 Å². The number of nitrogens with zero attached hydrogens (tertiary/aromatic N) is 2. The number of hydrogen-bond acceptors (Lipinski definition) is 3. The van der Waals surface area contributed by atoms with Crippen molar-refractivity contribution in [2.45, 2.75) is 25.7 Å². The zero-order valence-corrected chi connectivity index (χ0v) is 17.3. The quantitative estimate of drug-likeness (QED) is 0.415. The zero-order valence-electron chi connectivity index (χ0n) is 17.3. The highest BCUT2D eigenvalue weighted by Crippen LogP contribution is 2.29. The monoisotopic (exact) mass is 414 g/mol. The lowest BCUT2D eigenvalue weighted by Crippen LogP contribution is -2.39. The number of halogens is 1. The van der Waals surface area contributed by atoms with Crippen LogP contribution in [0.5, 0.6) is 0 Å². The number of fused-ring (bicyclic) bond motifs is 1. The van der Waals surface area contributed by atoms with Crippen LogP contribution in [0.2, 0.25) is 0 Å². The molecule has 5 rings (SSSR count). The molecule has 0 saturated carbocycles. The van der Waals surface area contributed by atoms with Gasteiger partial charge in [-0.1, -0.05) is 6.07 Å². The summed E-state index contributed by atoms with van der Waals surface area (Å²) in [6.45, 7) is 3.29. The van der Waals surface area contributed by atoms with Crippen molar-refractivity contribution in [1.82, 2.24) is 9.88 Å². The van der Waals surface area contributed by atoms with E-state index in [1.54, 1.807) is 12.1 Å². The van der Waals surface area contributed by atoms with E-state index < -0.39 is 0 Å². The summed E-state index contributed by atoms with van der Waals surface area (Å²) < 4.78 is 18.9. The molecule has 0 bridgehead atoms. The molecule has 4 aromatic rings. The lowest BCUT2D eigenvalue weighted by molar-refractivity contribution is 0.0706. The van der Waals surface area contributed by atoms with Crippen LogP contribution in [0.1, 0.15) is 40.6 Å². The van der Waals surface area contributed by atoms with Crippen LogP contribution >= 0.6 is 0 Å². The van der Waals surface area contributed by atoms with Crippen molar-refractivity contribution in [2.75, 3.05) is 13.1 Å². The summed E-state index contributed by atoms with van der Waals surface area (Å²) in [6.07, 6.45) is 1.93. The molecule has 1 atom stereocenters. The molecule has 0 radical (unpaired) electrons. The first-order valence-electron chi connectivity index (χ1n) is 10.6. The molecule has 0 aliphatic carbocycles. The van der Waals surface area contributed by atoms with Crippen molar-refractivity contribution in [3.05, 3.63) is 89.6 Å². The van der Waals surface area contributed by atoms with E-state index in [2.05, 4.69) is 0 Å². The number of carbonyl (C=O) groups is 1. The molecule has 1 aliphatic heterocycles. The van der Waals surface area contributed by atoms with E-state index in [-0.39, 0.29) is 17.6 Å². The molecule has 2 aromatic heterocycles. The summed E-state index contributed by atoms with van der Waals surface area (Å²) in [5.41, 5.74) is 4.16. The Morgan fingerprint density at radius 3 is 2.77 bits per heavy atom. The van der Waals surface area contributed by atoms with Crippen LogP contribution in [-0.2, 0) is 0 Å². The first kappa shape index (κ1) is 19.5. The summed E-state index contributed by atoms with van der Waals surface area (Å²) in [4.78, 5) is 19.9. The molecule has 156 valence electrons. The highest BCUT2D eigenvalue weighted by molar-refractivity contribution is 5.98. The number of hydrogen-bond donors (Lipinski definition) is 0. The van der Waals surface area contributed by atoms with Crippen molar-refractivity contribution >= 4 is 16.9 Å². The Bertz CT molecular complexity index is 1250. The first-order chi connectivity index (χ1) is 15.1. The van der Waals surface area contributed by atoms with E-state index in [4.69, 9.17) is 9.40 Å². The Kier molecular flexibility index (Phi) is 5.02. The SMILES string of the molecule is Cc1cc2cc(C(=O)N3CCC[C@H](c4cccc(-c5ccc(F)cc5)n4)C3)ccc2o1. The number of pyridine rings is 1. The summed E-state index contributed by atoms with van der Waals surface area (Å²) in [5.74, 6) is 0.799. The van der Waals surface area contributed by atoms with Gasteiger partial charge < -0.3 is 9.32 Å². The second-order valence-electron chi connectivity index (χ2n) is 8.15. The van der Waals surface area contributed by atoms with Crippen LogP contribution in [0.3, 0.4) is 0 Å². The molecule has 31 heavy (non-hydrogen) atoms. The summed E-state index contributed by atoms with van der Waals surface area (Å²) in [7, 11) is 0. The maximum Gasteiger partial charge on any atom is 0.253 e. The lowest BCUT2D eigenvalue weighted by atomic mass is 9.93. The topological polar surface area (TPSA) is 46.3 Å². The molecule has 0 unspecified atom stereocenters. The number of aryl methyl sites for hydroxylation is 1. The van der Waals surface area contributed by atoms with E-state index in [1.165, 1.54) is 12.1 Å². The molecule has 1 amide bonds. The minimum Gasteiger partial charge on any atom is -0.461 e. The number of carbonyl (C=O) groups excluding carboxylic acids is 1. The Balaban J connectivity index is 1.36. The molecule has 0 spiro atoms. The second kappa shape index (κ2) is 7.99. The van der Waals surface area contributed by atoms with Crippen LogP contribution in [-0.4, -0.2) is 28.9 Å². The number of benzene rings is 2. The van der Waals surface area contributed by atoms with Crippen LogP contribution in [0.25, 0.3) is 22.2 Å². The Labute approximate surface area is 180 Å². The fraction of sp³-hybridized carbons (Fsp3) is 0.231. The minimum atomic E-state index is -0.259. The predicted octanol–water partition coefficient (Wildman–Crippen LogP) is 5.96. The third-order valence-corrected chi connectivity index (χ3v) is 5.92. The number of aromatic nitrogens is 1. The van der Waals surface area contributed by atoms with Gasteiger partial charge in [-0.2, -0.15) is 0 Å². The highest BCUT2D eigenvalue weighted by atomic mass is 19.1. The van der Waals surface area contributed by atoms with E-state index in [1.807, 2.05) is 54.3 Å². The Morgan fingerprint density at radius 1 is 1.10 bits per heavy atom. The van der Waals surface area contributed by atoms with Gasteiger partial charge in [0.05, 0.1) is 5.69 Å². The van der Waals surface area contributed by atoms with Gasteiger partial charge in [0.2, 0.25) is 0 Å². The molecule has 1 aliphatic rings. The molecule has 5 heteroatoms. The number of likely N-dealkylation sites (tertiary alicyclic amines) is 1. The van der Waals surface area contributed by atoms with Crippen molar-refractivity contribution in [2.24, 2.45) is 0 Å². The molecule has 1 saturated heterocycles. The molecular formula is C26H23FN2O2. The summed E-state index contributed by atoms with van der Waals surface area (Å²) in [6, 6.07) is 19.9. The number of piperidine rings is 1. The van der Waals surface area contributed by atoms with Crippen molar-refractivity contribution < 1.29 is 13.6 Å². The summed E-state index contributed by atoms with van der Waals surface area (Å²) >= 11 is 0. The summed E-state index contributed by atoms with van der Waals surface area (Å²) in [5, 5.41) is 0.950. The average molecular weight is 414 g/mol. The number of amides is 1. The van der Waals surface area contributed by atoms with Gasteiger partial charge in [0, 0.05) is 41.2 Å². The van der Waals surface area contributed by atoms with E-state index in [9.17, 15) is 9.18 Å². The normalized spacial score (nSPS) is 16.6. The van der Waals surface area contributed by atoms with Gasteiger partial charge >= 0.3 is 0 Å². The van der Waals surface area contributed by atoms with Gasteiger partial charge in [0.25, 0.3) is 5.91 Å². The standard InChI is InChI=1S/C26H23FN2O2/c1-17-14-21-15-19(9-12-25(21)31-17)26(30)29-13-3-4-20(16-29)24-6-2-5-23(28-24)18-7-10-22(27)11-8-18/h2,5-12,14-15,20H,3-4,13,16H2,1H3/t20-/m0/s1. The molecule has 4 nitrogen and oxygen atoms in total. The number of furan rings is 1. The van der Waals surface area contributed by atoms with Crippen molar-refractivity contribution in [1.29, 1.82) is 0 Å². The molecule has 0 N–H and O–H groups in total. The number of rotatable bonds is 3. The first-order valence-corrected chi connectivity index (χ1v) is 10.6. The molecule has 1 fully saturated rings. The third-order valence-electron chi connectivity index (χ3n) is 5.92. The Morgan fingerprint density at radius 2 is 1.94 bits per heavy atom. The van der Waals surface area contributed by atoms with Gasteiger partial charge in [-0.25, -0.2) is 4.39 Å². The third kappa shape index (κ3) is 3.96. The fourth-order valence-corrected chi connectivity index (χ4v) is 4.35. The maximum atomic E-state index is 13.3. The Hall–Kier alpha value is -3.47. The largest absolute Gasteiger partial charge is 0.461 e. The second-order valence-corrected chi connectivity index (χ2v) is 8.15. The predicted molar refractivity (Wildman–Crippen MR) is 118 cm³/mol. The zero-order chi connectivity index (χ0) is 21.4. The molecule has 3 heterocycles. The smallest absolute Gasteiger partial charge is 0.253 e. The van der Waals surface area contributed by atoms with Crippen LogP contribution in [0.15, 0.2) is 71.1 Å². The lowest BCUT2D eigenvalue weighted by Gasteiger charge is -2.32. The molecule has 2 aromatic carbocycles. The van der Waals surface area contributed by atoms with Gasteiger partial charge in [-0.15, -0.1) is 0 Å². The van der Waals surface area contributed by atoms with Crippen LogP contribution < -0.4 is 0 Å². The molecular weight excluding hydrogens is 391 g/mol. The van der Waals surface area contributed by atoms with E-state index in [0.29, 0.717) is 12.1 Å².